The molecule has 0 spiro atoms. The monoisotopic (exact) mass is 295 g/mol. The lowest BCUT2D eigenvalue weighted by Gasteiger charge is -2.06. The maximum absolute atomic E-state index is 12.2. The third-order valence-electron chi connectivity index (χ3n) is 2.37. The minimum Gasteiger partial charge on any atom is -0.497 e. The molecule has 2 aromatic rings. The van der Waals surface area contributed by atoms with Crippen molar-refractivity contribution in [1.29, 1.82) is 0 Å². The van der Waals surface area contributed by atoms with Gasteiger partial charge < -0.3 is 4.74 Å². The van der Waals surface area contributed by atoms with Crippen LogP contribution in [0.2, 0.25) is 0 Å². The number of benzene rings is 1. The van der Waals surface area contributed by atoms with Gasteiger partial charge in [0.2, 0.25) is 5.78 Å². The molecule has 0 radical (unpaired) electrons. The first-order valence-electron chi connectivity index (χ1n) is 4.86. The standard InChI is InChI=1S/C11H10BrN3O2/c1-15-10(6-13-14-15)11(16)8-5-7(17-2)3-4-9(8)12/h3-6H,1-2H3. The van der Waals surface area contributed by atoms with Gasteiger partial charge in [-0.3, -0.25) is 4.79 Å². The number of ether oxygens (including phenoxy) is 1. The molecule has 0 aliphatic rings. The van der Waals surface area contributed by atoms with Gasteiger partial charge in [-0.2, -0.15) is 0 Å². The van der Waals surface area contributed by atoms with E-state index in [1.807, 2.05) is 0 Å². The van der Waals surface area contributed by atoms with Crippen molar-refractivity contribution >= 4 is 21.7 Å². The molecular weight excluding hydrogens is 286 g/mol. The lowest BCUT2D eigenvalue weighted by molar-refractivity contribution is 0.102. The largest absolute Gasteiger partial charge is 0.497 e. The Morgan fingerprint density at radius 1 is 1.47 bits per heavy atom. The lowest BCUT2D eigenvalue weighted by Crippen LogP contribution is -2.09. The predicted octanol–water partition coefficient (Wildman–Crippen LogP) is 1.82. The molecule has 1 aromatic carbocycles. The van der Waals surface area contributed by atoms with E-state index in [1.54, 1.807) is 32.4 Å². The van der Waals surface area contributed by atoms with Gasteiger partial charge in [0.05, 0.1) is 13.3 Å². The molecule has 0 aliphatic carbocycles. The maximum atomic E-state index is 12.2. The molecule has 0 N–H and O–H groups in total. The molecule has 0 bridgehead atoms. The normalized spacial score (nSPS) is 10.3. The topological polar surface area (TPSA) is 57.0 Å². The highest BCUT2D eigenvalue weighted by atomic mass is 79.9. The Morgan fingerprint density at radius 2 is 2.24 bits per heavy atom. The number of ketones is 1. The number of hydrogen-bond donors (Lipinski definition) is 0. The van der Waals surface area contributed by atoms with Crippen LogP contribution in [0.25, 0.3) is 0 Å². The molecule has 0 saturated heterocycles. The summed E-state index contributed by atoms with van der Waals surface area (Å²) in [4.78, 5) is 12.2. The van der Waals surface area contributed by atoms with Crippen molar-refractivity contribution in [2.45, 2.75) is 0 Å². The summed E-state index contributed by atoms with van der Waals surface area (Å²) in [5, 5.41) is 7.42. The van der Waals surface area contributed by atoms with Crippen LogP contribution in [0.1, 0.15) is 16.1 Å². The minimum absolute atomic E-state index is 0.150. The summed E-state index contributed by atoms with van der Waals surface area (Å²) < 4.78 is 7.25. The van der Waals surface area contributed by atoms with E-state index >= 15 is 0 Å². The Balaban J connectivity index is 2.47. The van der Waals surface area contributed by atoms with Crippen molar-refractivity contribution in [2.75, 3.05) is 7.11 Å². The second kappa shape index (κ2) is 4.67. The van der Waals surface area contributed by atoms with Crippen LogP contribution >= 0.6 is 15.9 Å². The first-order chi connectivity index (χ1) is 8.13. The molecule has 0 fully saturated rings. The van der Waals surface area contributed by atoms with E-state index in [0.29, 0.717) is 21.5 Å². The van der Waals surface area contributed by atoms with Crippen LogP contribution in [0.4, 0.5) is 0 Å². The van der Waals surface area contributed by atoms with Gasteiger partial charge in [0, 0.05) is 17.1 Å². The Bertz CT molecular complexity index is 566. The number of methoxy groups -OCH3 is 1. The second-order valence-corrected chi connectivity index (χ2v) is 4.27. The highest BCUT2D eigenvalue weighted by Gasteiger charge is 2.17. The Morgan fingerprint density at radius 3 is 2.82 bits per heavy atom. The molecule has 5 nitrogen and oxygen atoms in total. The first-order valence-corrected chi connectivity index (χ1v) is 5.65. The van der Waals surface area contributed by atoms with E-state index in [-0.39, 0.29) is 5.78 Å². The van der Waals surface area contributed by atoms with Crippen molar-refractivity contribution in [3.8, 4) is 5.75 Å². The summed E-state index contributed by atoms with van der Waals surface area (Å²) in [6.45, 7) is 0. The molecule has 88 valence electrons. The molecule has 1 aromatic heterocycles. The minimum atomic E-state index is -0.150. The van der Waals surface area contributed by atoms with Gasteiger partial charge in [-0.1, -0.05) is 21.1 Å². The van der Waals surface area contributed by atoms with Crippen LogP contribution in [0, 0.1) is 0 Å². The lowest BCUT2D eigenvalue weighted by atomic mass is 10.1. The van der Waals surface area contributed by atoms with Gasteiger partial charge in [0.1, 0.15) is 11.4 Å². The summed E-state index contributed by atoms with van der Waals surface area (Å²) >= 11 is 3.34. The van der Waals surface area contributed by atoms with E-state index in [1.165, 1.54) is 10.9 Å². The van der Waals surface area contributed by atoms with Gasteiger partial charge in [-0.15, -0.1) is 5.10 Å². The first kappa shape index (κ1) is 11.8. The highest BCUT2D eigenvalue weighted by Crippen LogP contribution is 2.24. The Hall–Kier alpha value is -1.69. The summed E-state index contributed by atoms with van der Waals surface area (Å²) in [6, 6.07) is 5.23. The number of aromatic nitrogens is 3. The van der Waals surface area contributed by atoms with Gasteiger partial charge in [0.25, 0.3) is 0 Å². The van der Waals surface area contributed by atoms with Crippen LogP contribution in [-0.4, -0.2) is 27.9 Å². The zero-order valence-electron chi connectivity index (χ0n) is 9.35. The van der Waals surface area contributed by atoms with Crippen LogP contribution in [0.5, 0.6) is 5.75 Å². The van der Waals surface area contributed by atoms with Crippen molar-refractivity contribution in [3.05, 3.63) is 40.1 Å². The van der Waals surface area contributed by atoms with Crippen LogP contribution in [0.15, 0.2) is 28.9 Å². The van der Waals surface area contributed by atoms with Gasteiger partial charge in [-0.05, 0) is 18.2 Å². The average Bonchev–Trinajstić information content (AvgIpc) is 2.75. The van der Waals surface area contributed by atoms with Crippen molar-refractivity contribution in [1.82, 2.24) is 15.0 Å². The van der Waals surface area contributed by atoms with E-state index in [4.69, 9.17) is 4.74 Å². The number of halogens is 1. The van der Waals surface area contributed by atoms with Crippen molar-refractivity contribution in [2.24, 2.45) is 7.05 Å². The number of carbonyl (C=O) groups excluding carboxylic acids is 1. The molecule has 6 heteroatoms. The SMILES string of the molecule is COc1ccc(Br)c(C(=O)c2cnnn2C)c1. The number of hydrogen-bond acceptors (Lipinski definition) is 4. The molecule has 2 rings (SSSR count). The Kier molecular flexibility index (Phi) is 3.23. The van der Waals surface area contributed by atoms with Crippen molar-refractivity contribution < 1.29 is 9.53 Å². The number of rotatable bonds is 3. The van der Waals surface area contributed by atoms with E-state index in [0.717, 1.165) is 0 Å². The van der Waals surface area contributed by atoms with Crippen molar-refractivity contribution in [3.63, 3.8) is 0 Å². The summed E-state index contributed by atoms with van der Waals surface area (Å²) in [5.41, 5.74) is 0.953. The molecule has 0 aliphatic heterocycles. The number of nitrogens with zero attached hydrogens (tertiary/aromatic N) is 3. The highest BCUT2D eigenvalue weighted by molar-refractivity contribution is 9.10. The molecule has 0 atom stereocenters. The number of carbonyl (C=O) groups is 1. The summed E-state index contributed by atoms with van der Waals surface area (Å²) in [6.07, 6.45) is 1.44. The van der Waals surface area contributed by atoms with Gasteiger partial charge >= 0.3 is 0 Å². The van der Waals surface area contributed by atoms with Crippen LogP contribution in [-0.2, 0) is 7.05 Å². The summed E-state index contributed by atoms with van der Waals surface area (Å²) in [5.74, 6) is 0.481. The Labute approximate surface area is 107 Å². The predicted molar refractivity (Wildman–Crippen MR) is 65.1 cm³/mol. The number of aryl methyl sites for hydroxylation is 1. The second-order valence-electron chi connectivity index (χ2n) is 3.42. The molecule has 0 amide bonds. The van der Waals surface area contributed by atoms with Crippen LogP contribution < -0.4 is 4.74 Å². The molecule has 0 unspecified atom stereocenters. The fourth-order valence-electron chi connectivity index (χ4n) is 1.44. The zero-order chi connectivity index (χ0) is 12.4. The summed E-state index contributed by atoms with van der Waals surface area (Å²) in [7, 11) is 3.23. The fraction of sp³-hybridized carbons (Fsp3) is 0.182. The third kappa shape index (κ3) is 2.21. The molecular formula is C11H10BrN3O2. The molecule has 0 saturated carbocycles. The fourth-order valence-corrected chi connectivity index (χ4v) is 1.87. The van der Waals surface area contributed by atoms with E-state index in [9.17, 15) is 4.79 Å². The maximum Gasteiger partial charge on any atom is 0.213 e. The third-order valence-corrected chi connectivity index (χ3v) is 3.06. The zero-order valence-corrected chi connectivity index (χ0v) is 10.9. The van der Waals surface area contributed by atoms with E-state index in [2.05, 4.69) is 26.2 Å². The molecule has 1 heterocycles. The van der Waals surface area contributed by atoms with Crippen LogP contribution in [0.3, 0.4) is 0 Å². The smallest absolute Gasteiger partial charge is 0.213 e. The molecule has 17 heavy (non-hydrogen) atoms. The van der Waals surface area contributed by atoms with Gasteiger partial charge in [0.15, 0.2) is 0 Å². The van der Waals surface area contributed by atoms with Gasteiger partial charge in [-0.25, -0.2) is 4.68 Å². The van der Waals surface area contributed by atoms with E-state index < -0.39 is 0 Å². The average molecular weight is 296 g/mol. The quantitative estimate of drug-likeness (QED) is 0.811.